The Bertz CT molecular complexity index is 404. The highest BCUT2D eigenvalue weighted by atomic mass is 28.4. The van der Waals surface area contributed by atoms with Gasteiger partial charge in [0.1, 0.15) is 0 Å². The predicted molar refractivity (Wildman–Crippen MR) is 77.6 cm³/mol. The normalized spacial score (nSPS) is 12.4. The van der Waals surface area contributed by atoms with E-state index in [1.54, 1.807) is 0 Å². The molecule has 1 rings (SSSR count). The topological polar surface area (TPSA) is 21.6 Å². The van der Waals surface area contributed by atoms with E-state index < -0.39 is 8.32 Å². The van der Waals surface area contributed by atoms with Crippen molar-refractivity contribution in [3.05, 3.63) is 42.5 Å². The minimum Gasteiger partial charge on any atom is -0.455 e. The van der Waals surface area contributed by atoms with E-state index in [0.29, 0.717) is 0 Å². The summed E-state index contributed by atoms with van der Waals surface area (Å²) < 4.78 is 5.59. The average Bonchev–Trinajstić information content (AvgIpc) is 2.29. The first-order valence-electron chi connectivity index (χ1n) is 5.94. The largest absolute Gasteiger partial charge is 0.455 e. The Kier molecular flexibility index (Phi) is 4.69. The van der Waals surface area contributed by atoms with E-state index >= 15 is 0 Å². The maximum atomic E-state index is 5.59. The van der Waals surface area contributed by atoms with Crippen molar-refractivity contribution >= 4 is 19.6 Å². The van der Waals surface area contributed by atoms with Crippen LogP contribution in [0.3, 0.4) is 0 Å². The molecule has 3 heteroatoms. The van der Waals surface area contributed by atoms with Crippen LogP contribution in [0, 0.1) is 0 Å². The van der Waals surface area contributed by atoms with Gasteiger partial charge in [0.15, 0.2) is 0 Å². The maximum Gasteiger partial charge on any atom is 0.278 e. The highest BCUT2D eigenvalue weighted by Crippen LogP contribution is 2.16. The summed E-state index contributed by atoms with van der Waals surface area (Å²) >= 11 is 0. The minimum absolute atomic E-state index is 0.832. The molecule has 0 atom stereocenters. The molecule has 92 valence electrons. The molecule has 0 bridgehead atoms. The number of rotatable bonds is 5. The third-order valence-corrected chi connectivity index (χ3v) is 2.87. The van der Waals surface area contributed by atoms with Gasteiger partial charge in [-0.1, -0.05) is 43.8 Å². The Balaban J connectivity index is 2.85. The lowest BCUT2D eigenvalue weighted by atomic mass is 10.0. The molecule has 2 nitrogen and oxygen atoms in total. The summed E-state index contributed by atoms with van der Waals surface area (Å²) in [6.07, 6.45) is 0.832. The van der Waals surface area contributed by atoms with E-state index in [2.05, 4.69) is 38.3 Å². The van der Waals surface area contributed by atoms with Crippen molar-refractivity contribution in [3.63, 3.8) is 0 Å². The fraction of sp³-hybridized carbons (Fsp3) is 0.357. The van der Waals surface area contributed by atoms with Crippen molar-refractivity contribution in [1.82, 2.24) is 0 Å². The van der Waals surface area contributed by atoms with Crippen LogP contribution in [0.5, 0.6) is 0 Å². The van der Waals surface area contributed by atoms with Crippen LogP contribution in [0.1, 0.15) is 18.9 Å². The molecule has 0 spiro atoms. The zero-order chi connectivity index (χ0) is 12.9. The SMILES string of the molecule is C=C(/C(CC)=N/O[Si](C)(C)C)c1ccccc1. The fourth-order valence-corrected chi connectivity index (χ4v) is 1.72. The van der Waals surface area contributed by atoms with Crippen LogP contribution in [0.15, 0.2) is 42.1 Å². The molecular formula is C14H21NOSi. The summed E-state index contributed by atoms with van der Waals surface area (Å²) in [5, 5.41) is 4.27. The summed E-state index contributed by atoms with van der Waals surface area (Å²) in [4.78, 5) is 0. The first-order chi connectivity index (χ1) is 7.94. The molecule has 17 heavy (non-hydrogen) atoms. The van der Waals surface area contributed by atoms with E-state index in [4.69, 9.17) is 4.53 Å². The molecule has 1 aromatic rings. The summed E-state index contributed by atoms with van der Waals surface area (Å²) in [6.45, 7) is 12.5. The summed E-state index contributed by atoms with van der Waals surface area (Å²) in [5.74, 6) is 0. The van der Waals surface area contributed by atoms with E-state index in [9.17, 15) is 0 Å². The zero-order valence-corrected chi connectivity index (χ0v) is 12.2. The fourth-order valence-electron chi connectivity index (χ4n) is 1.33. The van der Waals surface area contributed by atoms with Crippen LogP contribution in [-0.2, 0) is 4.53 Å². The molecule has 0 aliphatic rings. The van der Waals surface area contributed by atoms with Gasteiger partial charge in [-0.3, -0.25) is 0 Å². The highest BCUT2D eigenvalue weighted by molar-refractivity contribution is 6.69. The Morgan fingerprint density at radius 1 is 1.24 bits per heavy atom. The lowest BCUT2D eigenvalue weighted by Crippen LogP contribution is -2.23. The zero-order valence-electron chi connectivity index (χ0n) is 11.2. The quantitative estimate of drug-likeness (QED) is 0.431. The Labute approximate surface area is 105 Å². The second-order valence-electron chi connectivity index (χ2n) is 4.94. The molecule has 0 saturated carbocycles. The first kappa shape index (κ1) is 13.7. The van der Waals surface area contributed by atoms with Crippen LogP contribution in [0.2, 0.25) is 19.6 Å². The number of oxime groups is 1. The van der Waals surface area contributed by atoms with E-state index in [1.165, 1.54) is 0 Å². The van der Waals surface area contributed by atoms with Gasteiger partial charge in [-0.2, -0.15) is 0 Å². The van der Waals surface area contributed by atoms with Crippen LogP contribution in [0.25, 0.3) is 5.57 Å². The van der Waals surface area contributed by atoms with E-state index in [1.807, 2.05) is 30.3 Å². The Morgan fingerprint density at radius 3 is 2.29 bits per heavy atom. The molecule has 0 aliphatic heterocycles. The van der Waals surface area contributed by atoms with Gasteiger partial charge in [-0.15, -0.1) is 5.16 Å². The molecule has 0 radical (unpaired) electrons. The van der Waals surface area contributed by atoms with Gasteiger partial charge in [0, 0.05) is 0 Å². The van der Waals surface area contributed by atoms with Crippen molar-refractivity contribution in [2.24, 2.45) is 5.16 Å². The predicted octanol–water partition coefficient (Wildman–Crippen LogP) is 4.32. The highest BCUT2D eigenvalue weighted by Gasteiger charge is 2.16. The standard InChI is InChI=1S/C14H21NOSi/c1-6-14(15-16-17(3,4)5)12(2)13-10-8-7-9-11-13/h7-11H,2,6H2,1,3-5H3/b15-14+. The minimum atomic E-state index is -1.61. The number of allylic oxidation sites excluding steroid dienone is 1. The number of hydrogen-bond donors (Lipinski definition) is 0. The monoisotopic (exact) mass is 247 g/mol. The van der Waals surface area contributed by atoms with Crippen molar-refractivity contribution in [3.8, 4) is 0 Å². The van der Waals surface area contributed by atoms with Crippen LogP contribution < -0.4 is 0 Å². The second-order valence-corrected chi connectivity index (χ2v) is 9.35. The van der Waals surface area contributed by atoms with Crippen molar-refractivity contribution < 1.29 is 4.53 Å². The molecule has 0 heterocycles. The number of hydrogen-bond acceptors (Lipinski definition) is 2. The van der Waals surface area contributed by atoms with Crippen molar-refractivity contribution in [1.29, 1.82) is 0 Å². The van der Waals surface area contributed by atoms with Gasteiger partial charge < -0.3 is 4.53 Å². The average molecular weight is 247 g/mol. The molecule has 0 fully saturated rings. The van der Waals surface area contributed by atoms with Gasteiger partial charge in [0.25, 0.3) is 8.32 Å². The second kappa shape index (κ2) is 5.82. The van der Waals surface area contributed by atoms with Gasteiger partial charge in [-0.25, -0.2) is 0 Å². The van der Waals surface area contributed by atoms with Crippen molar-refractivity contribution in [2.45, 2.75) is 33.0 Å². The first-order valence-corrected chi connectivity index (χ1v) is 9.34. The lowest BCUT2D eigenvalue weighted by molar-refractivity contribution is 0.335. The maximum absolute atomic E-state index is 5.59. The lowest BCUT2D eigenvalue weighted by Gasteiger charge is -2.15. The molecule has 0 unspecified atom stereocenters. The molecule has 1 aromatic carbocycles. The Hall–Kier alpha value is -1.35. The van der Waals surface area contributed by atoms with Crippen molar-refractivity contribution in [2.75, 3.05) is 0 Å². The van der Waals surface area contributed by atoms with Gasteiger partial charge in [0.05, 0.1) is 5.71 Å². The van der Waals surface area contributed by atoms with Crippen LogP contribution in [0.4, 0.5) is 0 Å². The smallest absolute Gasteiger partial charge is 0.278 e. The molecule has 0 N–H and O–H groups in total. The van der Waals surface area contributed by atoms with Gasteiger partial charge >= 0.3 is 0 Å². The number of benzene rings is 1. The van der Waals surface area contributed by atoms with E-state index in [0.717, 1.165) is 23.3 Å². The summed E-state index contributed by atoms with van der Waals surface area (Å²) in [7, 11) is -1.61. The molecule has 0 aromatic heterocycles. The van der Waals surface area contributed by atoms with Gasteiger partial charge in [-0.05, 0) is 37.2 Å². The Morgan fingerprint density at radius 2 is 1.82 bits per heavy atom. The van der Waals surface area contributed by atoms with Crippen LogP contribution >= 0.6 is 0 Å². The van der Waals surface area contributed by atoms with Gasteiger partial charge in [0.2, 0.25) is 0 Å². The molecular weight excluding hydrogens is 226 g/mol. The number of nitrogens with zero attached hydrogens (tertiary/aromatic N) is 1. The summed E-state index contributed by atoms with van der Waals surface area (Å²) in [5.41, 5.74) is 2.98. The summed E-state index contributed by atoms with van der Waals surface area (Å²) in [6, 6.07) is 10.1. The third-order valence-electron chi connectivity index (χ3n) is 2.24. The molecule has 0 amide bonds. The third kappa shape index (κ3) is 4.57. The van der Waals surface area contributed by atoms with Crippen LogP contribution in [-0.4, -0.2) is 14.0 Å². The molecule has 0 saturated heterocycles. The van der Waals surface area contributed by atoms with E-state index in [-0.39, 0.29) is 0 Å². The molecule has 0 aliphatic carbocycles.